The number of amides is 2. The summed E-state index contributed by atoms with van der Waals surface area (Å²) in [6, 6.07) is 7.95. The van der Waals surface area contributed by atoms with Gasteiger partial charge in [-0.15, -0.1) is 0 Å². The summed E-state index contributed by atoms with van der Waals surface area (Å²) in [4.78, 5) is 39.0. The van der Waals surface area contributed by atoms with Crippen molar-refractivity contribution < 1.29 is 9.59 Å². The number of nitrogens with zero attached hydrogens (tertiary/aromatic N) is 5. The summed E-state index contributed by atoms with van der Waals surface area (Å²) in [7, 11) is 0. The molecule has 0 unspecified atom stereocenters. The van der Waals surface area contributed by atoms with E-state index in [0.717, 1.165) is 51.1 Å². The van der Waals surface area contributed by atoms with Crippen molar-refractivity contribution in [1.82, 2.24) is 24.7 Å². The molecule has 0 spiro atoms. The number of rotatable bonds is 4. The van der Waals surface area contributed by atoms with Crippen LogP contribution in [0.4, 0.5) is 0 Å². The highest BCUT2D eigenvalue weighted by Crippen LogP contribution is 2.15. The van der Waals surface area contributed by atoms with Crippen LogP contribution < -0.4 is 0 Å². The van der Waals surface area contributed by atoms with E-state index in [4.69, 9.17) is 0 Å². The Morgan fingerprint density at radius 2 is 1.50 bits per heavy atom. The fraction of sp³-hybridized carbons (Fsp3) is 0.429. The molecule has 7 heteroatoms. The van der Waals surface area contributed by atoms with Crippen molar-refractivity contribution in [3.8, 4) is 0 Å². The van der Waals surface area contributed by atoms with Crippen LogP contribution in [0.15, 0.2) is 42.9 Å². The summed E-state index contributed by atoms with van der Waals surface area (Å²) >= 11 is 0. The minimum absolute atomic E-state index is 0.0578. The monoisotopic (exact) mass is 379 g/mol. The molecule has 28 heavy (non-hydrogen) atoms. The fourth-order valence-corrected chi connectivity index (χ4v) is 3.79. The molecule has 1 aromatic carbocycles. The highest BCUT2D eigenvalue weighted by atomic mass is 16.2. The van der Waals surface area contributed by atoms with Crippen molar-refractivity contribution in [1.29, 1.82) is 0 Å². The number of hydrogen-bond donors (Lipinski definition) is 0. The molecule has 0 radical (unpaired) electrons. The molecule has 0 atom stereocenters. The first-order valence-electron chi connectivity index (χ1n) is 9.86. The summed E-state index contributed by atoms with van der Waals surface area (Å²) in [6.07, 6.45) is 6.84. The Balaban J connectivity index is 1.29. The fourth-order valence-electron chi connectivity index (χ4n) is 3.79. The van der Waals surface area contributed by atoms with E-state index >= 15 is 0 Å². The predicted molar refractivity (Wildman–Crippen MR) is 105 cm³/mol. The van der Waals surface area contributed by atoms with E-state index in [2.05, 4.69) is 14.9 Å². The smallest absolute Gasteiger partial charge is 0.274 e. The largest absolute Gasteiger partial charge is 0.339 e. The molecule has 0 N–H and O–H groups in total. The standard InChI is InChI=1S/C21H25N5O2/c27-20(25-9-1-2-10-25)18-5-3-17(4-6-18)16-24-11-13-26(14-12-24)21(28)19-15-22-7-8-23-19/h3-8,15H,1-2,9-14,16H2. The molecule has 4 rings (SSSR count). The molecular weight excluding hydrogens is 354 g/mol. The normalized spacial score (nSPS) is 17.7. The van der Waals surface area contributed by atoms with E-state index in [1.54, 1.807) is 12.4 Å². The molecule has 3 heterocycles. The van der Waals surface area contributed by atoms with Crippen LogP contribution in [-0.2, 0) is 6.54 Å². The number of carbonyl (C=O) groups is 2. The molecule has 0 aliphatic carbocycles. The van der Waals surface area contributed by atoms with Crippen molar-refractivity contribution in [3.05, 3.63) is 59.7 Å². The molecule has 7 nitrogen and oxygen atoms in total. The predicted octanol–water partition coefficient (Wildman–Crippen LogP) is 1.67. The molecule has 1 aromatic heterocycles. The Morgan fingerprint density at radius 1 is 0.821 bits per heavy atom. The third-order valence-corrected chi connectivity index (χ3v) is 5.44. The van der Waals surface area contributed by atoms with E-state index in [1.165, 1.54) is 11.8 Å². The number of likely N-dealkylation sites (tertiary alicyclic amines) is 1. The van der Waals surface area contributed by atoms with Gasteiger partial charge in [0.05, 0.1) is 6.20 Å². The zero-order valence-corrected chi connectivity index (χ0v) is 16.0. The van der Waals surface area contributed by atoms with E-state index in [1.807, 2.05) is 34.1 Å². The summed E-state index contributed by atoms with van der Waals surface area (Å²) in [5, 5.41) is 0. The van der Waals surface area contributed by atoms with Crippen LogP contribution in [0.25, 0.3) is 0 Å². The minimum Gasteiger partial charge on any atom is -0.339 e. The Morgan fingerprint density at radius 3 is 2.14 bits per heavy atom. The van der Waals surface area contributed by atoms with Gasteiger partial charge in [-0.2, -0.15) is 0 Å². The van der Waals surface area contributed by atoms with Crippen LogP contribution in [0.3, 0.4) is 0 Å². The van der Waals surface area contributed by atoms with Gasteiger partial charge in [0, 0.05) is 63.8 Å². The zero-order chi connectivity index (χ0) is 19.3. The lowest BCUT2D eigenvalue weighted by Crippen LogP contribution is -2.48. The third-order valence-electron chi connectivity index (χ3n) is 5.44. The quantitative estimate of drug-likeness (QED) is 0.808. The van der Waals surface area contributed by atoms with Crippen LogP contribution in [0.2, 0.25) is 0 Å². The van der Waals surface area contributed by atoms with Gasteiger partial charge in [0.1, 0.15) is 5.69 Å². The van der Waals surface area contributed by atoms with Gasteiger partial charge in [-0.1, -0.05) is 12.1 Å². The molecule has 0 bridgehead atoms. The van der Waals surface area contributed by atoms with Crippen molar-refractivity contribution in [2.24, 2.45) is 0 Å². The second-order valence-electron chi connectivity index (χ2n) is 7.36. The molecule has 146 valence electrons. The average Bonchev–Trinajstić information content (AvgIpc) is 3.29. The number of carbonyl (C=O) groups excluding carboxylic acids is 2. The van der Waals surface area contributed by atoms with Crippen LogP contribution >= 0.6 is 0 Å². The molecule has 2 aliphatic rings. The van der Waals surface area contributed by atoms with Gasteiger partial charge in [-0.3, -0.25) is 19.5 Å². The second kappa shape index (κ2) is 8.48. The van der Waals surface area contributed by atoms with E-state index in [0.29, 0.717) is 18.8 Å². The van der Waals surface area contributed by atoms with E-state index in [9.17, 15) is 9.59 Å². The Labute approximate surface area is 165 Å². The van der Waals surface area contributed by atoms with Crippen LogP contribution in [-0.4, -0.2) is 75.8 Å². The van der Waals surface area contributed by atoms with Gasteiger partial charge in [-0.05, 0) is 30.5 Å². The number of hydrogen-bond acceptors (Lipinski definition) is 5. The maximum atomic E-state index is 12.4. The topological polar surface area (TPSA) is 69.6 Å². The van der Waals surface area contributed by atoms with Crippen molar-refractivity contribution in [2.75, 3.05) is 39.3 Å². The molecule has 0 saturated carbocycles. The van der Waals surface area contributed by atoms with Gasteiger partial charge in [0.2, 0.25) is 0 Å². The number of benzene rings is 1. The zero-order valence-electron chi connectivity index (χ0n) is 16.0. The Kier molecular flexibility index (Phi) is 5.62. The average molecular weight is 379 g/mol. The first kappa shape index (κ1) is 18.6. The summed E-state index contributed by atoms with van der Waals surface area (Å²) in [6.45, 7) is 5.57. The lowest BCUT2D eigenvalue weighted by atomic mass is 10.1. The molecule has 2 saturated heterocycles. The maximum absolute atomic E-state index is 12.4. The van der Waals surface area contributed by atoms with E-state index in [-0.39, 0.29) is 11.8 Å². The van der Waals surface area contributed by atoms with Crippen molar-refractivity contribution >= 4 is 11.8 Å². The molecular formula is C21H25N5O2. The lowest BCUT2D eigenvalue weighted by molar-refractivity contribution is 0.0622. The third kappa shape index (κ3) is 4.20. The van der Waals surface area contributed by atoms with Gasteiger partial charge in [-0.25, -0.2) is 4.98 Å². The first-order valence-corrected chi connectivity index (χ1v) is 9.86. The number of aromatic nitrogens is 2. The maximum Gasteiger partial charge on any atom is 0.274 e. The van der Waals surface area contributed by atoms with Gasteiger partial charge in [0.15, 0.2) is 0 Å². The Hall–Kier alpha value is -2.80. The van der Waals surface area contributed by atoms with Crippen LogP contribution in [0, 0.1) is 0 Å². The van der Waals surface area contributed by atoms with Gasteiger partial charge in [0.25, 0.3) is 11.8 Å². The van der Waals surface area contributed by atoms with Crippen molar-refractivity contribution in [2.45, 2.75) is 19.4 Å². The number of piperazine rings is 1. The molecule has 2 aliphatic heterocycles. The molecule has 2 amide bonds. The lowest BCUT2D eigenvalue weighted by Gasteiger charge is -2.34. The van der Waals surface area contributed by atoms with Crippen LogP contribution in [0.1, 0.15) is 39.3 Å². The van der Waals surface area contributed by atoms with Crippen LogP contribution in [0.5, 0.6) is 0 Å². The van der Waals surface area contributed by atoms with Gasteiger partial charge >= 0.3 is 0 Å². The highest BCUT2D eigenvalue weighted by Gasteiger charge is 2.23. The highest BCUT2D eigenvalue weighted by molar-refractivity contribution is 5.94. The first-order chi connectivity index (χ1) is 13.7. The SMILES string of the molecule is O=C(c1ccc(CN2CCN(C(=O)c3cnccn3)CC2)cc1)N1CCCC1. The molecule has 2 fully saturated rings. The Bertz CT molecular complexity index is 810. The molecule has 2 aromatic rings. The van der Waals surface area contributed by atoms with Crippen molar-refractivity contribution in [3.63, 3.8) is 0 Å². The summed E-state index contributed by atoms with van der Waals surface area (Å²) in [5.41, 5.74) is 2.35. The summed E-state index contributed by atoms with van der Waals surface area (Å²) in [5.74, 6) is 0.0812. The van der Waals surface area contributed by atoms with Gasteiger partial charge < -0.3 is 9.80 Å². The summed E-state index contributed by atoms with van der Waals surface area (Å²) < 4.78 is 0. The second-order valence-corrected chi connectivity index (χ2v) is 7.36. The van der Waals surface area contributed by atoms with E-state index < -0.39 is 0 Å². The minimum atomic E-state index is -0.0578.